The Labute approximate surface area is 144 Å². The summed E-state index contributed by atoms with van der Waals surface area (Å²) in [4.78, 5) is 7.95. The maximum absolute atomic E-state index is 5.44. The Morgan fingerprint density at radius 1 is 0.920 bits per heavy atom. The summed E-state index contributed by atoms with van der Waals surface area (Å²) >= 11 is 0. The minimum absolute atomic E-state index is 0.269. The second-order valence-electron chi connectivity index (χ2n) is 5.86. The van der Waals surface area contributed by atoms with Gasteiger partial charge in [-0.3, -0.25) is 0 Å². The molecule has 1 aliphatic heterocycles. The van der Waals surface area contributed by atoms with Gasteiger partial charge < -0.3 is 19.8 Å². The standard InChI is InChI=1S/C20H15N3O2/c1-2-4-13(5-3-1)17-11-15-16(23-17)8-9-21-20(15)22-14-6-7-18-19(10-14)25-12-24-18/h1-11,23H,12H2,(H,21,22). The predicted molar refractivity (Wildman–Crippen MR) is 97.4 cm³/mol. The molecule has 25 heavy (non-hydrogen) atoms. The fourth-order valence-corrected chi connectivity index (χ4v) is 3.04. The van der Waals surface area contributed by atoms with Crippen molar-refractivity contribution >= 4 is 22.4 Å². The molecule has 5 nitrogen and oxygen atoms in total. The lowest BCUT2D eigenvalue weighted by Crippen LogP contribution is -1.94. The largest absolute Gasteiger partial charge is 0.454 e. The first kappa shape index (κ1) is 13.9. The highest BCUT2D eigenvalue weighted by molar-refractivity contribution is 5.95. The molecule has 0 bridgehead atoms. The summed E-state index contributed by atoms with van der Waals surface area (Å²) in [7, 11) is 0. The van der Waals surface area contributed by atoms with Crippen LogP contribution in [0.2, 0.25) is 0 Å². The fourth-order valence-electron chi connectivity index (χ4n) is 3.04. The molecule has 2 aromatic carbocycles. The van der Waals surface area contributed by atoms with Gasteiger partial charge in [-0.15, -0.1) is 0 Å². The third-order valence-corrected chi connectivity index (χ3v) is 4.27. The molecule has 0 atom stereocenters. The maximum atomic E-state index is 5.44. The van der Waals surface area contributed by atoms with Gasteiger partial charge in [0.05, 0.1) is 5.52 Å². The quantitative estimate of drug-likeness (QED) is 0.572. The number of fused-ring (bicyclic) bond motifs is 2. The number of pyridine rings is 1. The molecule has 2 aromatic heterocycles. The molecule has 0 unspecified atom stereocenters. The van der Waals surface area contributed by atoms with E-state index in [0.717, 1.165) is 45.2 Å². The number of aromatic nitrogens is 2. The van der Waals surface area contributed by atoms with Crippen LogP contribution in [0.4, 0.5) is 11.5 Å². The Morgan fingerprint density at radius 3 is 2.72 bits per heavy atom. The van der Waals surface area contributed by atoms with Gasteiger partial charge >= 0.3 is 0 Å². The average Bonchev–Trinajstić information content (AvgIpc) is 3.29. The Kier molecular flexibility index (Phi) is 3.10. The van der Waals surface area contributed by atoms with E-state index in [9.17, 15) is 0 Å². The number of rotatable bonds is 3. The zero-order valence-electron chi connectivity index (χ0n) is 13.3. The first-order valence-corrected chi connectivity index (χ1v) is 8.07. The van der Waals surface area contributed by atoms with Crippen molar-refractivity contribution in [1.29, 1.82) is 0 Å². The van der Waals surface area contributed by atoms with Crippen molar-refractivity contribution in [3.8, 4) is 22.8 Å². The molecule has 0 fully saturated rings. The first-order chi connectivity index (χ1) is 12.4. The van der Waals surface area contributed by atoms with E-state index in [0.29, 0.717) is 0 Å². The monoisotopic (exact) mass is 329 g/mol. The van der Waals surface area contributed by atoms with E-state index in [1.54, 1.807) is 6.20 Å². The summed E-state index contributed by atoms with van der Waals surface area (Å²) in [5.74, 6) is 2.32. The molecule has 122 valence electrons. The summed E-state index contributed by atoms with van der Waals surface area (Å²) in [5, 5.41) is 4.42. The number of benzene rings is 2. The number of anilines is 2. The number of nitrogens with zero attached hydrogens (tertiary/aromatic N) is 1. The van der Waals surface area contributed by atoms with Crippen molar-refractivity contribution in [2.75, 3.05) is 12.1 Å². The number of hydrogen-bond donors (Lipinski definition) is 2. The lowest BCUT2D eigenvalue weighted by molar-refractivity contribution is 0.174. The van der Waals surface area contributed by atoms with Gasteiger partial charge in [0.1, 0.15) is 5.82 Å². The van der Waals surface area contributed by atoms with Gasteiger partial charge in [-0.05, 0) is 29.8 Å². The van der Waals surface area contributed by atoms with Gasteiger partial charge in [0.2, 0.25) is 6.79 Å². The molecule has 4 aromatic rings. The highest BCUT2D eigenvalue weighted by Crippen LogP contribution is 2.36. The van der Waals surface area contributed by atoms with Crippen LogP contribution in [0.5, 0.6) is 11.5 Å². The van der Waals surface area contributed by atoms with E-state index in [2.05, 4.69) is 33.5 Å². The molecular weight excluding hydrogens is 314 g/mol. The molecule has 2 N–H and O–H groups in total. The third-order valence-electron chi connectivity index (χ3n) is 4.27. The summed E-state index contributed by atoms with van der Waals surface area (Å²) in [5.41, 5.74) is 4.16. The molecule has 3 heterocycles. The summed E-state index contributed by atoms with van der Waals surface area (Å²) in [6.45, 7) is 0.269. The topological polar surface area (TPSA) is 59.2 Å². The zero-order chi connectivity index (χ0) is 16.6. The summed E-state index contributed by atoms with van der Waals surface area (Å²) in [6, 6.07) is 20.1. The van der Waals surface area contributed by atoms with E-state index in [1.807, 2.05) is 42.5 Å². The summed E-state index contributed by atoms with van der Waals surface area (Å²) < 4.78 is 10.8. The Balaban J connectivity index is 1.54. The van der Waals surface area contributed by atoms with E-state index < -0.39 is 0 Å². The third kappa shape index (κ3) is 2.46. The second-order valence-corrected chi connectivity index (χ2v) is 5.86. The van der Waals surface area contributed by atoms with Gasteiger partial charge in [-0.2, -0.15) is 0 Å². The molecule has 0 amide bonds. The highest BCUT2D eigenvalue weighted by atomic mass is 16.7. The van der Waals surface area contributed by atoms with Crippen molar-refractivity contribution in [1.82, 2.24) is 9.97 Å². The van der Waals surface area contributed by atoms with Crippen molar-refractivity contribution in [3.63, 3.8) is 0 Å². The number of aromatic amines is 1. The van der Waals surface area contributed by atoms with Crippen molar-refractivity contribution in [3.05, 3.63) is 66.9 Å². The highest BCUT2D eigenvalue weighted by Gasteiger charge is 2.14. The fraction of sp³-hybridized carbons (Fsp3) is 0.0500. The van der Waals surface area contributed by atoms with Crippen LogP contribution in [0, 0.1) is 0 Å². The van der Waals surface area contributed by atoms with Crippen LogP contribution in [0.3, 0.4) is 0 Å². The molecule has 0 spiro atoms. The summed E-state index contributed by atoms with van der Waals surface area (Å²) in [6.07, 6.45) is 1.79. The van der Waals surface area contributed by atoms with Crippen LogP contribution >= 0.6 is 0 Å². The number of hydrogen-bond acceptors (Lipinski definition) is 4. The molecule has 0 radical (unpaired) electrons. The first-order valence-electron chi connectivity index (χ1n) is 8.07. The van der Waals surface area contributed by atoms with Crippen LogP contribution in [-0.4, -0.2) is 16.8 Å². The van der Waals surface area contributed by atoms with Crippen LogP contribution in [0.25, 0.3) is 22.2 Å². The van der Waals surface area contributed by atoms with Gasteiger partial charge in [-0.1, -0.05) is 30.3 Å². The molecule has 5 rings (SSSR count). The van der Waals surface area contributed by atoms with E-state index in [-0.39, 0.29) is 6.79 Å². The van der Waals surface area contributed by atoms with E-state index in [4.69, 9.17) is 9.47 Å². The second kappa shape index (κ2) is 5.56. The van der Waals surface area contributed by atoms with Crippen LogP contribution < -0.4 is 14.8 Å². The van der Waals surface area contributed by atoms with Gasteiger partial charge in [0, 0.05) is 29.0 Å². The van der Waals surface area contributed by atoms with Gasteiger partial charge in [-0.25, -0.2) is 4.98 Å². The average molecular weight is 329 g/mol. The van der Waals surface area contributed by atoms with Gasteiger partial charge in [0.15, 0.2) is 11.5 Å². The predicted octanol–water partition coefficient (Wildman–Crippen LogP) is 4.70. The van der Waals surface area contributed by atoms with Crippen molar-refractivity contribution in [2.24, 2.45) is 0 Å². The van der Waals surface area contributed by atoms with E-state index >= 15 is 0 Å². The Hall–Kier alpha value is -3.47. The Morgan fingerprint density at radius 2 is 1.80 bits per heavy atom. The van der Waals surface area contributed by atoms with Crippen LogP contribution in [-0.2, 0) is 0 Å². The molecule has 5 heteroatoms. The van der Waals surface area contributed by atoms with Crippen molar-refractivity contribution in [2.45, 2.75) is 0 Å². The lowest BCUT2D eigenvalue weighted by atomic mass is 10.1. The number of ether oxygens (including phenoxy) is 2. The van der Waals surface area contributed by atoms with E-state index in [1.165, 1.54) is 0 Å². The number of H-pyrrole nitrogens is 1. The van der Waals surface area contributed by atoms with Crippen molar-refractivity contribution < 1.29 is 9.47 Å². The minimum Gasteiger partial charge on any atom is -0.454 e. The molecule has 0 saturated heterocycles. The normalized spacial score (nSPS) is 12.5. The smallest absolute Gasteiger partial charge is 0.231 e. The van der Waals surface area contributed by atoms with Crippen LogP contribution in [0.15, 0.2) is 66.9 Å². The molecular formula is C20H15N3O2. The van der Waals surface area contributed by atoms with Crippen LogP contribution in [0.1, 0.15) is 0 Å². The molecule has 1 aliphatic rings. The molecule has 0 aliphatic carbocycles. The zero-order valence-corrected chi connectivity index (χ0v) is 13.3. The lowest BCUT2D eigenvalue weighted by Gasteiger charge is -2.07. The molecule has 0 saturated carbocycles. The minimum atomic E-state index is 0.269. The SMILES string of the molecule is c1ccc(-c2cc3c(Nc4ccc5c(c4)OCO5)nccc3[nH]2)cc1. The maximum Gasteiger partial charge on any atom is 0.231 e. The Bertz CT molecular complexity index is 1060. The number of nitrogens with one attached hydrogen (secondary N) is 2. The van der Waals surface area contributed by atoms with Gasteiger partial charge in [0.25, 0.3) is 0 Å².